The number of benzene rings is 2. The van der Waals surface area contributed by atoms with E-state index in [1.165, 1.54) is 27.6 Å². The summed E-state index contributed by atoms with van der Waals surface area (Å²) in [6.45, 7) is 5.10. The van der Waals surface area contributed by atoms with Crippen LogP contribution in [0, 0.1) is 6.92 Å². The third-order valence-electron chi connectivity index (χ3n) is 3.83. The fourth-order valence-electron chi connectivity index (χ4n) is 2.87. The molecule has 3 aromatic rings. The second-order valence-corrected chi connectivity index (χ2v) is 6.01. The van der Waals surface area contributed by atoms with E-state index >= 15 is 0 Å². The molecular weight excluding hydrogens is 256 g/mol. The molecule has 2 heteroatoms. The molecule has 0 radical (unpaired) electrons. The number of aromatic nitrogens is 1. The molecule has 2 aromatic carbocycles. The number of aryl methyl sites for hydroxylation is 1. The smallest absolute Gasteiger partial charge is 0.0486 e. The zero-order chi connectivity index (χ0) is 14.8. The monoisotopic (exact) mass is 278 g/mol. The third kappa shape index (κ3) is 3.17. The highest BCUT2D eigenvalue weighted by Gasteiger charge is 2.05. The summed E-state index contributed by atoms with van der Waals surface area (Å²) in [5.74, 6) is 0. The standard InChI is InChI=1S/C19H22N2/c1-14-4-3-5-17(10-14)13-21-9-8-18-7-6-16(11-15(2)20)12-19(18)21/h3-10,12,15H,11,13,20H2,1-2H3. The zero-order valence-electron chi connectivity index (χ0n) is 12.7. The fourth-order valence-corrected chi connectivity index (χ4v) is 2.87. The average molecular weight is 278 g/mol. The lowest BCUT2D eigenvalue weighted by Crippen LogP contribution is -2.17. The Bertz CT molecular complexity index is 753. The van der Waals surface area contributed by atoms with Crippen LogP contribution in [0.4, 0.5) is 0 Å². The van der Waals surface area contributed by atoms with Crippen molar-refractivity contribution in [3.63, 3.8) is 0 Å². The first-order chi connectivity index (χ1) is 10.1. The molecule has 0 amide bonds. The quantitative estimate of drug-likeness (QED) is 0.771. The van der Waals surface area contributed by atoms with Crippen LogP contribution in [0.3, 0.4) is 0 Å². The Kier molecular flexibility index (Phi) is 3.80. The van der Waals surface area contributed by atoms with Crippen molar-refractivity contribution in [2.24, 2.45) is 5.73 Å². The van der Waals surface area contributed by atoms with Gasteiger partial charge in [-0.3, -0.25) is 0 Å². The minimum absolute atomic E-state index is 0.197. The molecule has 0 saturated carbocycles. The van der Waals surface area contributed by atoms with E-state index in [4.69, 9.17) is 5.73 Å². The molecule has 3 rings (SSSR count). The van der Waals surface area contributed by atoms with Crippen LogP contribution in [0.1, 0.15) is 23.6 Å². The van der Waals surface area contributed by atoms with Gasteiger partial charge < -0.3 is 10.3 Å². The van der Waals surface area contributed by atoms with Gasteiger partial charge >= 0.3 is 0 Å². The molecule has 2 N–H and O–H groups in total. The number of nitrogens with two attached hydrogens (primary N) is 1. The summed E-state index contributed by atoms with van der Waals surface area (Å²) < 4.78 is 2.31. The van der Waals surface area contributed by atoms with E-state index in [1.807, 2.05) is 0 Å². The van der Waals surface area contributed by atoms with E-state index in [1.54, 1.807) is 0 Å². The lowest BCUT2D eigenvalue weighted by molar-refractivity contribution is 0.738. The number of hydrogen-bond acceptors (Lipinski definition) is 1. The molecule has 1 unspecified atom stereocenters. The maximum Gasteiger partial charge on any atom is 0.0486 e. The van der Waals surface area contributed by atoms with Gasteiger partial charge in [-0.15, -0.1) is 0 Å². The second-order valence-electron chi connectivity index (χ2n) is 6.01. The Labute approximate surface area is 126 Å². The highest BCUT2D eigenvalue weighted by Crippen LogP contribution is 2.20. The first-order valence-corrected chi connectivity index (χ1v) is 7.51. The van der Waals surface area contributed by atoms with Crippen molar-refractivity contribution in [3.8, 4) is 0 Å². The van der Waals surface area contributed by atoms with Crippen LogP contribution in [0.2, 0.25) is 0 Å². The molecule has 0 saturated heterocycles. The lowest BCUT2D eigenvalue weighted by Gasteiger charge is -2.09. The minimum Gasteiger partial charge on any atom is -0.343 e. The van der Waals surface area contributed by atoms with Crippen LogP contribution in [0.5, 0.6) is 0 Å². The average Bonchev–Trinajstić information content (AvgIpc) is 2.81. The molecule has 0 aliphatic rings. The summed E-state index contributed by atoms with van der Waals surface area (Å²) in [6, 6.07) is 17.7. The first kappa shape index (κ1) is 13.9. The van der Waals surface area contributed by atoms with Crippen LogP contribution in [0.15, 0.2) is 54.7 Å². The fraction of sp³-hybridized carbons (Fsp3) is 0.263. The van der Waals surface area contributed by atoms with Gasteiger partial charge in [0.25, 0.3) is 0 Å². The Hall–Kier alpha value is -2.06. The summed E-state index contributed by atoms with van der Waals surface area (Å²) in [6.07, 6.45) is 3.09. The third-order valence-corrected chi connectivity index (χ3v) is 3.83. The maximum atomic E-state index is 5.92. The van der Waals surface area contributed by atoms with Gasteiger partial charge in [-0.2, -0.15) is 0 Å². The Balaban J connectivity index is 1.94. The van der Waals surface area contributed by atoms with Crippen molar-refractivity contribution in [2.75, 3.05) is 0 Å². The molecule has 1 aromatic heterocycles. The van der Waals surface area contributed by atoms with E-state index in [2.05, 4.69) is 73.1 Å². The normalized spacial score (nSPS) is 12.7. The Morgan fingerprint density at radius 2 is 1.90 bits per heavy atom. The summed E-state index contributed by atoms with van der Waals surface area (Å²) in [7, 11) is 0. The number of hydrogen-bond donors (Lipinski definition) is 1. The van der Waals surface area contributed by atoms with Crippen LogP contribution in [0.25, 0.3) is 10.9 Å². The van der Waals surface area contributed by atoms with Gasteiger partial charge in [0, 0.05) is 24.3 Å². The van der Waals surface area contributed by atoms with Crippen molar-refractivity contribution in [1.82, 2.24) is 4.57 Å². The van der Waals surface area contributed by atoms with Gasteiger partial charge in [-0.05, 0) is 48.9 Å². The minimum atomic E-state index is 0.197. The maximum absolute atomic E-state index is 5.92. The van der Waals surface area contributed by atoms with Gasteiger partial charge in [-0.25, -0.2) is 0 Å². The van der Waals surface area contributed by atoms with Crippen molar-refractivity contribution in [2.45, 2.75) is 32.9 Å². The van der Waals surface area contributed by atoms with E-state index < -0.39 is 0 Å². The highest BCUT2D eigenvalue weighted by molar-refractivity contribution is 5.81. The summed E-state index contributed by atoms with van der Waals surface area (Å²) in [4.78, 5) is 0. The molecule has 0 spiro atoms. The SMILES string of the molecule is Cc1cccc(Cn2ccc3ccc(CC(C)N)cc32)c1. The number of rotatable bonds is 4. The number of nitrogens with zero attached hydrogens (tertiary/aromatic N) is 1. The Morgan fingerprint density at radius 3 is 2.67 bits per heavy atom. The van der Waals surface area contributed by atoms with Gasteiger partial charge in [0.15, 0.2) is 0 Å². The molecule has 2 nitrogen and oxygen atoms in total. The lowest BCUT2D eigenvalue weighted by atomic mass is 10.1. The predicted molar refractivity (Wildman–Crippen MR) is 89.6 cm³/mol. The molecule has 0 bridgehead atoms. The first-order valence-electron chi connectivity index (χ1n) is 7.51. The van der Waals surface area contributed by atoms with E-state index in [9.17, 15) is 0 Å². The molecule has 0 aliphatic carbocycles. The summed E-state index contributed by atoms with van der Waals surface area (Å²) >= 11 is 0. The molecular formula is C19H22N2. The molecule has 0 fully saturated rings. The van der Waals surface area contributed by atoms with Crippen LogP contribution >= 0.6 is 0 Å². The van der Waals surface area contributed by atoms with Gasteiger partial charge in [0.1, 0.15) is 0 Å². The molecule has 1 heterocycles. The van der Waals surface area contributed by atoms with Crippen molar-refractivity contribution >= 4 is 10.9 Å². The Morgan fingerprint density at radius 1 is 1.05 bits per heavy atom. The molecule has 108 valence electrons. The van der Waals surface area contributed by atoms with Crippen LogP contribution in [-0.4, -0.2) is 10.6 Å². The van der Waals surface area contributed by atoms with E-state index in [0.29, 0.717) is 0 Å². The second kappa shape index (κ2) is 5.74. The number of fused-ring (bicyclic) bond motifs is 1. The summed E-state index contributed by atoms with van der Waals surface area (Å²) in [5.41, 5.74) is 11.2. The molecule has 0 aliphatic heterocycles. The molecule has 21 heavy (non-hydrogen) atoms. The van der Waals surface area contributed by atoms with Crippen LogP contribution < -0.4 is 5.73 Å². The van der Waals surface area contributed by atoms with Crippen LogP contribution in [-0.2, 0) is 13.0 Å². The van der Waals surface area contributed by atoms with E-state index in [0.717, 1.165) is 13.0 Å². The van der Waals surface area contributed by atoms with Gasteiger partial charge in [0.05, 0.1) is 0 Å². The van der Waals surface area contributed by atoms with Crippen molar-refractivity contribution < 1.29 is 0 Å². The molecule has 1 atom stereocenters. The van der Waals surface area contributed by atoms with Crippen molar-refractivity contribution in [1.29, 1.82) is 0 Å². The topological polar surface area (TPSA) is 30.9 Å². The summed E-state index contributed by atoms with van der Waals surface area (Å²) in [5, 5.41) is 1.29. The van der Waals surface area contributed by atoms with Crippen molar-refractivity contribution in [3.05, 3.63) is 71.4 Å². The van der Waals surface area contributed by atoms with Gasteiger partial charge in [-0.1, -0.05) is 42.0 Å². The highest BCUT2D eigenvalue weighted by atomic mass is 14.9. The predicted octanol–water partition coefficient (Wildman–Crippen LogP) is 3.89. The van der Waals surface area contributed by atoms with E-state index in [-0.39, 0.29) is 6.04 Å². The zero-order valence-corrected chi connectivity index (χ0v) is 12.7. The largest absolute Gasteiger partial charge is 0.343 e. The van der Waals surface area contributed by atoms with Gasteiger partial charge in [0.2, 0.25) is 0 Å².